The highest BCUT2D eigenvalue weighted by Gasteiger charge is 2.04. The summed E-state index contributed by atoms with van der Waals surface area (Å²) in [4.78, 5) is 5.95. The number of hydrogen-bond acceptors (Lipinski definition) is 2. The molecule has 0 aliphatic carbocycles. The predicted molar refractivity (Wildman–Crippen MR) is 83.0 cm³/mol. The van der Waals surface area contributed by atoms with Crippen molar-refractivity contribution in [2.45, 2.75) is 41.2 Å². The molecule has 2 nitrogen and oxygen atoms in total. The lowest BCUT2D eigenvalue weighted by atomic mass is 10.1. The summed E-state index contributed by atoms with van der Waals surface area (Å²) in [5, 5.41) is 2.19. The van der Waals surface area contributed by atoms with Gasteiger partial charge in [0.1, 0.15) is 0 Å². The van der Waals surface area contributed by atoms with Crippen LogP contribution in [0, 0.1) is 26.7 Å². The topological polar surface area (TPSA) is 17.3 Å². The fraction of sp³-hybridized carbons (Fsp3) is 0.438. The maximum Gasteiger partial charge on any atom is 0.190 e. The molecule has 0 aliphatic heterocycles. The molecule has 102 valence electrons. The van der Waals surface area contributed by atoms with Gasteiger partial charge < -0.3 is 4.57 Å². The summed E-state index contributed by atoms with van der Waals surface area (Å²) in [6.07, 6.45) is 0. The Kier molecular flexibility index (Phi) is 4.25. The Morgan fingerprint density at radius 3 is 2.63 bits per heavy atom. The van der Waals surface area contributed by atoms with Crippen molar-refractivity contribution < 1.29 is 0 Å². The van der Waals surface area contributed by atoms with Crippen LogP contribution in [0.5, 0.6) is 0 Å². The van der Waals surface area contributed by atoms with E-state index in [1.54, 1.807) is 11.3 Å². The van der Waals surface area contributed by atoms with E-state index in [9.17, 15) is 0 Å². The zero-order chi connectivity index (χ0) is 14.0. The molecule has 0 saturated heterocycles. The van der Waals surface area contributed by atoms with Gasteiger partial charge in [-0.05, 0) is 43.9 Å². The van der Waals surface area contributed by atoms with Gasteiger partial charge in [0.05, 0.1) is 5.69 Å². The molecule has 1 aromatic carbocycles. The summed E-state index contributed by atoms with van der Waals surface area (Å²) in [7, 11) is 0. The van der Waals surface area contributed by atoms with Gasteiger partial charge in [-0.3, -0.25) is 0 Å². The SMILES string of the molecule is Cc1ccc(C)c(N=c2scc(C)n2CC(C)C)c1. The molecular formula is C16H22N2S. The van der Waals surface area contributed by atoms with Gasteiger partial charge in [0, 0.05) is 17.6 Å². The number of rotatable bonds is 3. The van der Waals surface area contributed by atoms with Crippen molar-refractivity contribution in [1.29, 1.82) is 0 Å². The van der Waals surface area contributed by atoms with E-state index in [1.807, 2.05) is 0 Å². The number of aryl methyl sites for hydroxylation is 3. The molecule has 0 amide bonds. The smallest absolute Gasteiger partial charge is 0.190 e. The Balaban J connectivity index is 2.52. The van der Waals surface area contributed by atoms with Crippen molar-refractivity contribution in [2.75, 3.05) is 0 Å². The van der Waals surface area contributed by atoms with Crippen LogP contribution in [-0.4, -0.2) is 4.57 Å². The second-order valence-corrected chi connectivity index (χ2v) is 6.40. The standard InChI is InChI=1S/C16H22N2S/c1-11(2)9-18-14(5)10-19-16(18)17-15-8-12(3)6-7-13(15)4/h6-8,10-11H,9H2,1-5H3. The van der Waals surface area contributed by atoms with Crippen LogP contribution in [0.1, 0.15) is 30.7 Å². The van der Waals surface area contributed by atoms with Crippen LogP contribution in [0.25, 0.3) is 0 Å². The van der Waals surface area contributed by atoms with Gasteiger partial charge in [0.2, 0.25) is 0 Å². The van der Waals surface area contributed by atoms with Crippen molar-refractivity contribution in [2.24, 2.45) is 10.9 Å². The van der Waals surface area contributed by atoms with Gasteiger partial charge in [-0.2, -0.15) is 0 Å². The van der Waals surface area contributed by atoms with Crippen LogP contribution in [0.4, 0.5) is 5.69 Å². The first-order valence-electron chi connectivity index (χ1n) is 6.74. The van der Waals surface area contributed by atoms with Crippen molar-refractivity contribution in [1.82, 2.24) is 4.57 Å². The second-order valence-electron chi connectivity index (χ2n) is 5.57. The van der Waals surface area contributed by atoms with E-state index in [-0.39, 0.29) is 0 Å². The maximum atomic E-state index is 4.86. The summed E-state index contributed by atoms with van der Waals surface area (Å²) in [6, 6.07) is 6.43. The Labute approximate surface area is 119 Å². The molecule has 0 unspecified atom stereocenters. The van der Waals surface area contributed by atoms with Gasteiger partial charge in [0.25, 0.3) is 0 Å². The van der Waals surface area contributed by atoms with Crippen LogP contribution in [-0.2, 0) is 6.54 Å². The number of thiazole rings is 1. The molecule has 1 heterocycles. The summed E-state index contributed by atoms with van der Waals surface area (Å²) in [6.45, 7) is 11.9. The highest BCUT2D eigenvalue weighted by atomic mass is 32.1. The van der Waals surface area contributed by atoms with Crippen LogP contribution >= 0.6 is 11.3 Å². The van der Waals surface area contributed by atoms with Gasteiger partial charge in [-0.15, -0.1) is 11.3 Å². The fourth-order valence-electron chi connectivity index (χ4n) is 2.03. The first-order chi connectivity index (χ1) is 8.97. The van der Waals surface area contributed by atoms with Crippen molar-refractivity contribution in [3.8, 4) is 0 Å². The molecule has 2 aromatic rings. The second kappa shape index (κ2) is 5.74. The molecular weight excluding hydrogens is 252 g/mol. The van der Waals surface area contributed by atoms with Gasteiger partial charge >= 0.3 is 0 Å². The average Bonchev–Trinajstić information content (AvgIpc) is 2.66. The summed E-state index contributed by atoms with van der Waals surface area (Å²) in [5.74, 6) is 0.630. The molecule has 0 radical (unpaired) electrons. The summed E-state index contributed by atoms with van der Waals surface area (Å²) >= 11 is 1.72. The number of aromatic nitrogens is 1. The maximum absolute atomic E-state index is 4.86. The van der Waals surface area contributed by atoms with E-state index < -0.39 is 0 Å². The first-order valence-corrected chi connectivity index (χ1v) is 7.62. The van der Waals surface area contributed by atoms with E-state index in [1.165, 1.54) is 16.8 Å². The quantitative estimate of drug-likeness (QED) is 0.791. The van der Waals surface area contributed by atoms with E-state index in [0.29, 0.717) is 5.92 Å². The van der Waals surface area contributed by atoms with Gasteiger partial charge in [0.15, 0.2) is 4.80 Å². The zero-order valence-corrected chi connectivity index (χ0v) is 13.2. The largest absolute Gasteiger partial charge is 0.321 e. The number of benzene rings is 1. The summed E-state index contributed by atoms with van der Waals surface area (Å²) in [5.41, 5.74) is 4.86. The molecule has 0 fully saturated rings. The molecule has 0 bridgehead atoms. The predicted octanol–water partition coefficient (Wildman–Crippen LogP) is 4.36. The molecule has 1 aromatic heterocycles. The minimum atomic E-state index is 0.630. The van der Waals surface area contributed by atoms with E-state index in [4.69, 9.17) is 4.99 Å². The molecule has 0 atom stereocenters. The molecule has 3 heteroatoms. The number of nitrogens with zero attached hydrogens (tertiary/aromatic N) is 2. The highest BCUT2D eigenvalue weighted by molar-refractivity contribution is 7.07. The Hall–Kier alpha value is -1.35. The molecule has 19 heavy (non-hydrogen) atoms. The molecule has 0 aliphatic rings. The first kappa shape index (κ1) is 14.1. The minimum absolute atomic E-state index is 0.630. The third-order valence-corrected chi connectivity index (χ3v) is 4.10. The third-order valence-electron chi connectivity index (χ3n) is 3.12. The van der Waals surface area contributed by atoms with E-state index >= 15 is 0 Å². The van der Waals surface area contributed by atoms with E-state index in [0.717, 1.165) is 17.0 Å². The van der Waals surface area contributed by atoms with Crippen LogP contribution in [0.3, 0.4) is 0 Å². The van der Waals surface area contributed by atoms with Crippen LogP contribution in [0.15, 0.2) is 28.6 Å². The molecule has 2 rings (SSSR count). The van der Waals surface area contributed by atoms with Crippen molar-refractivity contribution in [3.63, 3.8) is 0 Å². The monoisotopic (exact) mass is 274 g/mol. The molecule has 0 saturated carbocycles. The lowest BCUT2D eigenvalue weighted by Gasteiger charge is -2.09. The summed E-state index contributed by atoms with van der Waals surface area (Å²) < 4.78 is 2.32. The zero-order valence-electron chi connectivity index (χ0n) is 12.4. The van der Waals surface area contributed by atoms with Crippen LogP contribution in [0.2, 0.25) is 0 Å². The Morgan fingerprint density at radius 1 is 1.21 bits per heavy atom. The lowest BCUT2D eigenvalue weighted by molar-refractivity contribution is 0.506. The molecule has 0 N–H and O–H groups in total. The fourth-order valence-corrected chi connectivity index (χ4v) is 2.93. The van der Waals surface area contributed by atoms with Gasteiger partial charge in [-0.1, -0.05) is 26.0 Å². The van der Waals surface area contributed by atoms with E-state index in [2.05, 4.69) is 62.8 Å². The van der Waals surface area contributed by atoms with Crippen molar-refractivity contribution in [3.05, 3.63) is 45.2 Å². The lowest BCUT2D eigenvalue weighted by Crippen LogP contribution is -2.19. The third kappa shape index (κ3) is 3.35. The van der Waals surface area contributed by atoms with Gasteiger partial charge in [-0.25, -0.2) is 4.99 Å². The highest BCUT2D eigenvalue weighted by Crippen LogP contribution is 2.19. The Bertz CT molecular complexity index is 632. The molecule has 0 spiro atoms. The normalized spacial score (nSPS) is 12.4. The van der Waals surface area contributed by atoms with Crippen molar-refractivity contribution >= 4 is 17.0 Å². The Morgan fingerprint density at radius 2 is 1.95 bits per heavy atom. The average molecular weight is 274 g/mol. The van der Waals surface area contributed by atoms with Crippen LogP contribution < -0.4 is 4.80 Å². The number of hydrogen-bond donors (Lipinski definition) is 0. The minimum Gasteiger partial charge on any atom is -0.321 e.